The predicted octanol–water partition coefficient (Wildman–Crippen LogP) is 2.88. The Morgan fingerprint density at radius 1 is 1.26 bits per heavy atom. The largest absolute Gasteiger partial charge is 0.497 e. The number of aryl methyl sites for hydroxylation is 1. The maximum atomic E-state index is 12.1. The molecule has 102 valence electrons. The number of hydrogen-bond donors (Lipinski definition) is 0. The van der Waals surface area contributed by atoms with Crippen LogP contribution >= 0.6 is 15.9 Å². The monoisotopic (exact) mass is 324 g/mol. The molecule has 0 fully saturated rings. The number of methoxy groups -OCH3 is 1. The highest BCUT2D eigenvalue weighted by atomic mass is 79.9. The van der Waals surface area contributed by atoms with E-state index < -0.39 is 0 Å². The third-order valence-corrected chi connectivity index (χ3v) is 3.75. The number of halogens is 1. The summed E-state index contributed by atoms with van der Waals surface area (Å²) in [7, 11) is 1.64. The summed E-state index contributed by atoms with van der Waals surface area (Å²) < 4.78 is 9.62. The summed E-state index contributed by atoms with van der Waals surface area (Å²) in [5.41, 5.74) is 1.05. The van der Waals surface area contributed by atoms with Crippen molar-refractivity contribution in [2.75, 3.05) is 7.11 Å². The van der Waals surface area contributed by atoms with Gasteiger partial charge in [-0.15, -0.1) is 0 Å². The zero-order valence-corrected chi connectivity index (χ0v) is 12.7. The van der Waals surface area contributed by atoms with Crippen LogP contribution in [0.1, 0.15) is 18.9 Å². The van der Waals surface area contributed by atoms with Gasteiger partial charge in [-0.2, -0.15) is 0 Å². The maximum absolute atomic E-state index is 12.1. The summed E-state index contributed by atoms with van der Waals surface area (Å²) in [6, 6.07) is 5.76. The van der Waals surface area contributed by atoms with E-state index in [2.05, 4.69) is 22.9 Å². The van der Waals surface area contributed by atoms with E-state index in [1.165, 1.54) is 0 Å². The molecule has 0 aliphatic carbocycles. The van der Waals surface area contributed by atoms with E-state index in [9.17, 15) is 4.79 Å². The Morgan fingerprint density at radius 2 is 2.00 bits per heavy atom. The van der Waals surface area contributed by atoms with Gasteiger partial charge < -0.3 is 4.74 Å². The van der Waals surface area contributed by atoms with Gasteiger partial charge in [-0.25, -0.2) is 4.79 Å². The Balaban J connectivity index is 2.28. The number of benzene rings is 1. The van der Waals surface area contributed by atoms with Crippen LogP contribution in [0.25, 0.3) is 0 Å². The lowest BCUT2D eigenvalue weighted by Gasteiger charge is -2.07. The van der Waals surface area contributed by atoms with E-state index in [0.717, 1.165) is 28.8 Å². The molecule has 0 spiro atoms. The lowest BCUT2D eigenvalue weighted by molar-refractivity contribution is 0.414. The van der Waals surface area contributed by atoms with Gasteiger partial charge in [-0.1, -0.05) is 22.9 Å². The van der Waals surface area contributed by atoms with E-state index >= 15 is 0 Å². The van der Waals surface area contributed by atoms with Gasteiger partial charge in [-0.05, 0) is 30.2 Å². The molecule has 0 radical (unpaired) electrons. The van der Waals surface area contributed by atoms with Crippen LogP contribution in [-0.2, 0) is 13.1 Å². The van der Waals surface area contributed by atoms with Crippen molar-refractivity contribution < 1.29 is 4.74 Å². The first-order valence-electron chi connectivity index (χ1n) is 6.23. The first kappa shape index (κ1) is 13.9. The Bertz CT molecular complexity index is 616. The van der Waals surface area contributed by atoms with E-state index in [-0.39, 0.29) is 5.69 Å². The molecule has 0 amide bonds. The van der Waals surface area contributed by atoms with Crippen molar-refractivity contribution in [1.82, 2.24) is 9.13 Å². The summed E-state index contributed by atoms with van der Waals surface area (Å²) >= 11 is 3.50. The summed E-state index contributed by atoms with van der Waals surface area (Å²) in [6.45, 7) is 3.35. The predicted molar refractivity (Wildman–Crippen MR) is 78.8 cm³/mol. The van der Waals surface area contributed by atoms with Gasteiger partial charge in [0.05, 0.1) is 13.7 Å². The average molecular weight is 325 g/mol. The quantitative estimate of drug-likeness (QED) is 0.847. The third kappa shape index (κ3) is 3.10. The van der Waals surface area contributed by atoms with Gasteiger partial charge in [0, 0.05) is 23.4 Å². The van der Waals surface area contributed by atoms with Crippen molar-refractivity contribution in [2.24, 2.45) is 0 Å². The second kappa shape index (κ2) is 6.10. The van der Waals surface area contributed by atoms with Gasteiger partial charge in [0.1, 0.15) is 5.75 Å². The second-order valence-electron chi connectivity index (χ2n) is 4.36. The fraction of sp³-hybridized carbons (Fsp3) is 0.357. The lowest BCUT2D eigenvalue weighted by Crippen LogP contribution is -2.24. The van der Waals surface area contributed by atoms with Gasteiger partial charge in [0.15, 0.2) is 0 Å². The van der Waals surface area contributed by atoms with Crippen molar-refractivity contribution in [3.05, 3.63) is 51.1 Å². The van der Waals surface area contributed by atoms with Crippen molar-refractivity contribution in [2.45, 2.75) is 26.4 Å². The normalized spacial score (nSPS) is 10.7. The van der Waals surface area contributed by atoms with Crippen LogP contribution in [0.4, 0.5) is 0 Å². The summed E-state index contributed by atoms with van der Waals surface area (Å²) in [6.07, 6.45) is 4.61. The van der Waals surface area contributed by atoms with Crippen molar-refractivity contribution in [1.29, 1.82) is 0 Å². The molecule has 2 rings (SSSR count). The first-order valence-corrected chi connectivity index (χ1v) is 7.03. The fourth-order valence-electron chi connectivity index (χ4n) is 1.97. The topological polar surface area (TPSA) is 36.2 Å². The van der Waals surface area contributed by atoms with Crippen molar-refractivity contribution >= 4 is 15.9 Å². The molecule has 0 N–H and O–H groups in total. The molecule has 4 nitrogen and oxygen atoms in total. The Kier molecular flexibility index (Phi) is 4.47. The molecule has 1 aromatic heterocycles. The minimum absolute atomic E-state index is 0.0246. The van der Waals surface area contributed by atoms with Crippen LogP contribution in [0, 0.1) is 0 Å². The standard InChI is InChI=1S/C14H17BrN2O2/c1-3-6-16-7-8-17(14(16)18)10-11-9-12(19-2)4-5-13(11)15/h4-5,7-9H,3,6,10H2,1-2H3. The number of hydrogen-bond acceptors (Lipinski definition) is 2. The number of imidazole rings is 1. The molecule has 1 aromatic carbocycles. The maximum Gasteiger partial charge on any atom is 0.328 e. The summed E-state index contributed by atoms with van der Waals surface area (Å²) in [5, 5.41) is 0. The van der Waals surface area contributed by atoms with E-state index in [4.69, 9.17) is 4.74 Å². The molecule has 0 saturated heterocycles. The number of nitrogens with zero attached hydrogens (tertiary/aromatic N) is 2. The third-order valence-electron chi connectivity index (χ3n) is 2.98. The zero-order chi connectivity index (χ0) is 13.8. The smallest absolute Gasteiger partial charge is 0.328 e. The lowest BCUT2D eigenvalue weighted by atomic mass is 10.2. The number of rotatable bonds is 5. The van der Waals surface area contributed by atoms with E-state index in [1.807, 2.05) is 30.6 Å². The molecule has 2 aromatic rings. The molecule has 5 heteroatoms. The molecular formula is C14H17BrN2O2. The average Bonchev–Trinajstić information content (AvgIpc) is 2.75. The second-order valence-corrected chi connectivity index (χ2v) is 5.21. The van der Waals surface area contributed by atoms with Crippen LogP contribution in [0.2, 0.25) is 0 Å². The van der Waals surface area contributed by atoms with Crippen LogP contribution in [0.3, 0.4) is 0 Å². The van der Waals surface area contributed by atoms with Crippen LogP contribution in [-0.4, -0.2) is 16.2 Å². The summed E-state index contributed by atoms with van der Waals surface area (Å²) in [4.78, 5) is 12.1. The van der Waals surface area contributed by atoms with Gasteiger partial charge in [-0.3, -0.25) is 9.13 Å². The fourth-order valence-corrected chi connectivity index (χ4v) is 2.34. The highest BCUT2D eigenvalue weighted by Gasteiger charge is 2.07. The molecular weight excluding hydrogens is 308 g/mol. The van der Waals surface area contributed by atoms with Crippen molar-refractivity contribution in [3.8, 4) is 5.75 Å². The van der Waals surface area contributed by atoms with Crippen molar-refractivity contribution in [3.63, 3.8) is 0 Å². The minimum Gasteiger partial charge on any atom is -0.497 e. The SMILES string of the molecule is CCCn1ccn(Cc2cc(OC)ccc2Br)c1=O. The number of ether oxygens (including phenoxy) is 1. The number of aromatic nitrogens is 2. The highest BCUT2D eigenvalue weighted by Crippen LogP contribution is 2.22. The van der Waals surface area contributed by atoms with Gasteiger partial charge >= 0.3 is 5.69 Å². The molecule has 0 aliphatic heterocycles. The first-order chi connectivity index (χ1) is 9.15. The molecule has 0 bridgehead atoms. The Labute approximate surface area is 120 Å². The molecule has 0 aliphatic rings. The molecule has 19 heavy (non-hydrogen) atoms. The molecule has 0 saturated carbocycles. The molecule has 0 atom stereocenters. The molecule has 0 unspecified atom stereocenters. The zero-order valence-electron chi connectivity index (χ0n) is 11.1. The van der Waals surface area contributed by atoms with E-state index in [1.54, 1.807) is 16.2 Å². The van der Waals surface area contributed by atoms with Crippen LogP contribution < -0.4 is 10.4 Å². The minimum atomic E-state index is 0.0246. The van der Waals surface area contributed by atoms with E-state index in [0.29, 0.717) is 6.54 Å². The Hall–Kier alpha value is -1.49. The summed E-state index contributed by atoms with van der Waals surface area (Å²) in [5.74, 6) is 0.791. The molecule has 1 heterocycles. The van der Waals surface area contributed by atoms with Gasteiger partial charge in [0.25, 0.3) is 0 Å². The van der Waals surface area contributed by atoms with Gasteiger partial charge in [0.2, 0.25) is 0 Å². The highest BCUT2D eigenvalue weighted by molar-refractivity contribution is 9.10. The van der Waals surface area contributed by atoms with Crippen LogP contribution in [0.15, 0.2) is 39.9 Å². The van der Waals surface area contributed by atoms with Crippen LogP contribution in [0.5, 0.6) is 5.75 Å². The Morgan fingerprint density at radius 3 is 2.68 bits per heavy atom.